The molecule has 4 unspecified atom stereocenters. The maximum absolute atomic E-state index is 10.2. The second-order valence-electron chi connectivity index (χ2n) is 4.00. The summed E-state index contributed by atoms with van der Waals surface area (Å²) in [6.45, 7) is 4.04. The molecule has 1 aliphatic rings. The zero-order valence-corrected chi connectivity index (χ0v) is 8.43. The first-order chi connectivity index (χ1) is 6.69. The molecule has 4 heteroatoms. The molecular weight excluding hydrogens is 180 g/mol. The monoisotopic (exact) mass is 194 g/mol. The van der Waals surface area contributed by atoms with E-state index in [2.05, 4.69) is 9.98 Å². The van der Waals surface area contributed by atoms with Crippen LogP contribution in [0.1, 0.15) is 26.7 Å². The quantitative estimate of drug-likeness (QED) is 0.493. The number of aliphatic imine (C=N–C) groups is 2. The third-order valence-electron chi connectivity index (χ3n) is 2.98. The van der Waals surface area contributed by atoms with Crippen LogP contribution in [0.4, 0.5) is 0 Å². The molecule has 0 aromatic rings. The van der Waals surface area contributed by atoms with Crippen LogP contribution in [0.2, 0.25) is 0 Å². The highest BCUT2D eigenvalue weighted by molar-refractivity contribution is 5.35. The summed E-state index contributed by atoms with van der Waals surface area (Å²) < 4.78 is 0. The van der Waals surface area contributed by atoms with Crippen molar-refractivity contribution in [2.45, 2.75) is 38.8 Å². The van der Waals surface area contributed by atoms with Gasteiger partial charge < -0.3 is 0 Å². The van der Waals surface area contributed by atoms with E-state index in [1.807, 2.05) is 13.8 Å². The fourth-order valence-electron chi connectivity index (χ4n) is 2.04. The topological polar surface area (TPSA) is 58.9 Å². The number of nitrogens with zero attached hydrogens (tertiary/aromatic N) is 2. The predicted molar refractivity (Wildman–Crippen MR) is 51.4 cm³/mol. The summed E-state index contributed by atoms with van der Waals surface area (Å²) in [5.41, 5.74) is 0. The number of isocyanates is 2. The summed E-state index contributed by atoms with van der Waals surface area (Å²) >= 11 is 0. The molecule has 0 aromatic heterocycles. The average Bonchev–Trinajstić information content (AvgIpc) is 2.14. The fourth-order valence-corrected chi connectivity index (χ4v) is 2.04. The third-order valence-corrected chi connectivity index (χ3v) is 2.98. The van der Waals surface area contributed by atoms with Crippen LogP contribution in [0.15, 0.2) is 9.98 Å². The lowest BCUT2D eigenvalue weighted by molar-refractivity contribution is 0.234. The van der Waals surface area contributed by atoms with Crippen molar-refractivity contribution in [3.63, 3.8) is 0 Å². The molecule has 0 bridgehead atoms. The van der Waals surface area contributed by atoms with Crippen LogP contribution in [0.3, 0.4) is 0 Å². The van der Waals surface area contributed by atoms with Gasteiger partial charge in [0.1, 0.15) is 0 Å². The summed E-state index contributed by atoms with van der Waals surface area (Å²) in [5, 5.41) is 0. The van der Waals surface area contributed by atoms with Gasteiger partial charge in [0, 0.05) is 0 Å². The Morgan fingerprint density at radius 3 is 1.57 bits per heavy atom. The number of carbonyl (C=O) groups excluding carboxylic acids is 2. The van der Waals surface area contributed by atoms with Crippen molar-refractivity contribution in [2.75, 3.05) is 0 Å². The molecule has 0 spiro atoms. The molecule has 14 heavy (non-hydrogen) atoms. The molecular formula is C10H14N2O2. The Labute approximate surface area is 83.1 Å². The Morgan fingerprint density at radius 1 is 0.929 bits per heavy atom. The Hall–Kier alpha value is -1.24. The van der Waals surface area contributed by atoms with Crippen LogP contribution in [-0.2, 0) is 9.59 Å². The molecule has 0 aromatic carbocycles. The van der Waals surface area contributed by atoms with E-state index in [1.54, 1.807) is 12.2 Å². The van der Waals surface area contributed by atoms with Gasteiger partial charge in [-0.15, -0.1) is 0 Å². The maximum Gasteiger partial charge on any atom is 0.235 e. The molecule has 1 fully saturated rings. The fraction of sp³-hybridized carbons (Fsp3) is 0.800. The normalized spacial score (nSPS) is 36.7. The molecule has 1 rings (SSSR count). The first-order valence-electron chi connectivity index (χ1n) is 4.83. The van der Waals surface area contributed by atoms with Gasteiger partial charge in [-0.2, -0.15) is 0 Å². The summed E-state index contributed by atoms with van der Waals surface area (Å²) in [6.07, 6.45) is 4.80. The van der Waals surface area contributed by atoms with Gasteiger partial charge in [-0.05, 0) is 24.7 Å². The third kappa shape index (κ3) is 2.38. The van der Waals surface area contributed by atoms with Gasteiger partial charge in [0.2, 0.25) is 12.2 Å². The zero-order chi connectivity index (χ0) is 10.6. The Morgan fingerprint density at radius 2 is 1.29 bits per heavy atom. The zero-order valence-electron chi connectivity index (χ0n) is 8.43. The van der Waals surface area contributed by atoms with E-state index in [0.29, 0.717) is 0 Å². The molecule has 0 saturated heterocycles. The van der Waals surface area contributed by atoms with Crippen molar-refractivity contribution in [1.82, 2.24) is 0 Å². The van der Waals surface area contributed by atoms with E-state index in [0.717, 1.165) is 12.8 Å². The van der Waals surface area contributed by atoms with Crippen LogP contribution in [0, 0.1) is 11.8 Å². The van der Waals surface area contributed by atoms with Crippen LogP contribution in [0.25, 0.3) is 0 Å². The van der Waals surface area contributed by atoms with E-state index >= 15 is 0 Å². The molecule has 1 saturated carbocycles. The van der Waals surface area contributed by atoms with E-state index in [1.165, 1.54) is 0 Å². The minimum Gasteiger partial charge on any atom is -0.211 e. The average molecular weight is 194 g/mol. The lowest BCUT2D eigenvalue weighted by atomic mass is 9.77. The van der Waals surface area contributed by atoms with Gasteiger partial charge in [-0.1, -0.05) is 13.8 Å². The largest absolute Gasteiger partial charge is 0.235 e. The van der Waals surface area contributed by atoms with E-state index in [9.17, 15) is 9.59 Å². The molecule has 0 heterocycles. The highest BCUT2D eigenvalue weighted by Crippen LogP contribution is 2.32. The minimum absolute atomic E-state index is 0.0422. The van der Waals surface area contributed by atoms with Crippen LogP contribution < -0.4 is 0 Å². The first kappa shape index (κ1) is 10.8. The van der Waals surface area contributed by atoms with E-state index in [4.69, 9.17) is 0 Å². The van der Waals surface area contributed by atoms with Crippen molar-refractivity contribution in [3.05, 3.63) is 0 Å². The summed E-state index contributed by atoms with van der Waals surface area (Å²) in [7, 11) is 0. The Balaban J connectivity index is 2.70. The van der Waals surface area contributed by atoms with Crippen molar-refractivity contribution in [1.29, 1.82) is 0 Å². The lowest BCUT2D eigenvalue weighted by Gasteiger charge is -2.33. The summed E-state index contributed by atoms with van der Waals surface area (Å²) in [5.74, 6) is 0.574. The van der Waals surface area contributed by atoms with Crippen molar-refractivity contribution < 1.29 is 9.59 Å². The number of hydrogen-bond acceptors (Lipinski definition) is 4. The van der Waals surface area contributed by atoms with Gasteiger partial charge >= 0.3 is 0 Å². The van der Waals surface area contributed by atoms with Crippen LogP contribution >= 0.6 is 0 Å². The second kappa shape index (κ2) is 4.85. The second-order valence-corrected chi connectivity index (χ2v) is 4.00. The molecule has 0 aliphatic heterocycles. The van der Waals surface area contributed by atoms with Gasteiger partial charge in [0.05, 0.1) is 12.1 Å². The smallest absolute Gasteiger partial charge is 0.211 e. The first-order valence-corrected chi connectivity index (χ1v) is 4.83. The molecule has 0 amide bonds. The van der Waals surface area contributed by atoms with Gasteiger partial charge in [-0.3, -0.25) is 0 Å². The van der Waals surface area contributed by atoms with Gasteiger partial charge in [-0.25, -0.2) is 19.6 Å². The minimum atomic E-state index is 0.0422. The Kier molecular flexibility index (Phi) is 3.75. The predicted octanol–water partition coefficient (Wildman–Crippen LogP) is 1.46. The van der Waals surface area contributed by atoms with Crippen LogP contribution in [-0.4, -0.2) is 24.2 Å². The standard InChI is InChI=1S/C10H14N2O2/c1-7-3-10(12-6-14)8(2)4-9(7)11-5-13/h7-10H,3-4H2,1-2H3. The highest BCUT2D eigenvalue weighted by Gasteiger charge is 2.32. The molecule has 0 N–H and O–H groups in total. The molecule has 0 radical (unpaired) electrons. The maximum atomic E-state index is 10.2. The van der Waals surface area contributed by atoms with Gasteiger partial charge in [0.25, 0.3) is 0 Å². The van der Waals surface area contributed by atoms with E-state index in [-0.39, 0.29) is 23.9 Å². The number of hydrogen-bond donors (Lipinski definition) is 0. The molecule has 76 valence electrons. The highest BCUT2D eigenvalue weighted by atomic mass is 16.1. The van der Waals surface area contributed by atoms with Crippen molar-refractivity contribution in [3.8, 4) is 0 Å². The SMILES string of the molecule is CC1CC(N=C=O)C(C)CC1N=C=O. The summed E-state index contributed by atoms with van der Waals surface area (Å²) in [4.78, 5) is 27.8. The lowest BCUT2D eigenvalue weighted by Crippen LogP contribution is -2.34. The number of rotatable bonds is 2. The van der Waals surface area contributed by atoms with E-state index < -0.39 is 0 Å². The Bertz CT molecular complexity index is 260. The molecule has 4 nitrogen and oxygen atoms in total. The molecule has 1 aliphatic carbocycles. The van der Waals surface area contributed by atoms with Crippen molar-refractivity contribution >= 4 is 12.2 Å². The molecule has 4 atom stereocenters. The summed E-state index contributed by atoms with van der Waals surface area (Å²) in [6, 6.07) is 0.0844. The van der Waals surface area contributed by atoms with Crippen molar-refractivity contribution in [2.24, 2.45) is 21.8 Å². The van der Waals surface area contributed by atoms with Gasteiger partial charge in [0.15, 0.2) is 0 Å². The van der Waals surface area contributed by atoms with Crippen LogP contribution in [0.5, 0.6) is 0 Å².